The molecule has 6 nitrogen and oxygen atoms in total. The Morgan fingerprint density at radius 2 is 1.70 bits per heavy atom. The van der Waals surface area contributed by atoms with Crippen LogP contribution in [0.15, 0.2) is 24.3 Å². The minimum atomic E-state index is -0.269. The second-order valence-corrected chi connectivity index (χ2v) is 10.6. The van der Waals surface area contributed by atoms with Crippen molar-refractivity contribution in [2.24, 2.45) is 11.3 Å². The SMILES string of the molecule is CC(C)CC(=O)N1CCC2(CC1)C[C@H](CCN1CCN(c3ccc(F)cc3)CC1)N(C)C2=O. The Labute approximate surface area is 197 Å². The number of amides is 2. The normalized spacial score (nSPS) is 23.7. The number of anilines is 1. The van der Waals surface area contributed by atoms with E-state index in [1.165, 1.54) is 12.1 Å². The maximum Gasteiger partial charge on any atom is 0.228 e. The van der Waals surface area contributed by atoms with Gasteiger partial charge in [-0.15, -0.1) is 0 Å². The van der Waals surface area contributed by atoms with Crippen LogP contribution in [0.5, 0.6) is 0 Å². The lowest BCUT2D eigenvalue weighted by atomic mass is 9.75. The topological polar surface area (TPSA) is 47.1 Å². The van der Waals surface area contributed by atoms with E-state index in [4.69, 9.17) is 0 Å². The van der Waals surface area contributed by atoms with Crippen molar-refractivity contribution in [3.63, 3.8) is 0 Å². The van der Waals surface area contributed by atoms with Crippen LogP contribution in [0.2, 0.25) is 0 Å². The zero-order valence-electron chi connectivity index (χ0n) is 20.4. The van der Waals surface area contributed by atoms with E-state index in [0.717, 1.165) is 64.1 Å². The van der Waals surface area contributed by atoms with E-state index in [1.54, 1.807) is 0 Å². The molecule has 1 aromatic rings. The summed E-state index contributed by atoms with van der Waals surface area (Å²) in [6.07, 6.45) is 4.11. The van der Waals surface area contributed by atoms with Crippen molar-refractivity contribution in [1.29, 1.82) is 0 Å². The van der Waals surface area contributed by atoms with Crippen LogP contribution in [-0.2, 0) is 9.59 Å². The number of benzene rings is 1. The van der Waals surface area contributed by atoms with Gasteiger partial charge in [-0.3, -0.25) is 14.5 Å². The lowest BCUT2D eigenvalue weighted by molar-refractivity contribution is -0.142. The third-order valence-corrected chi connectivity index (χ3v) is 7.95. The van der Waals surface area contributed by atoms with Crippen LogP contribution in [0.3, 0.4) is 0 Å². The molecular formula is C26H39FN4O2. The fourth-order valence-electron chi connectivity index (χ4n) is 5.80. The summed E-state index contributed by atoms with van der Waals surface area (Å²) in [5, 5.41) is 0. The van der Waals surface area contributed by atoms with Crippen LogP contribution in [-0.4, -0.2) is 85.4 Å². The lowest BCUT2D eigenvalue weighted by Crippen LogP contribution is -2.47. The van der Waals surface area contributed by atoms with Gasteiger partial charge in [-0.1, -0.05) is 13.8 Å². The van der Waals surface area contributed by atoms with Crippen LogP contribution in [0.1, 0.15) is 46.0 Å². The standard InChI is InChI=1S/C26H39FN4O2/c1-20(2)18-24(32)31-12-9-26(10-13-31)19-23(28(3)25(26)33)8-11-29-14-16-30(17-15-29)22-6-4-21(27)5-7-22/h4-7,20,23H,8-19H2,1-3H3/t23-/m0/s1. The van der Waals surface area contributed by atoms with Crippen LogP contribution < -0.4 is 4.90 Å². The molecule has 1 aromatic carbocycles. The number of piperazine rings is 1. The molecule has 0 N–H and O–H groups in total. The maximum absolute atomic E-state index is 13.2. The van der Waals surface area contributed by atoms with E-state index in [9.17, 15) is 14.0 Å². The third kappa shape index (κ3) is 5.34. The quantitative estimate of drug-likeness (QED) is 0.657. The van der Waals surface area contributed by atoms with Crippen LogP contribution in [0.25, 0.3) is 0 Å². The van der Waals surface area contributed by atoms with Gasteiger partial charge in [-0.05, 0) is 55.9 Å². The molecule has 33 heavy (non-hydrogen) atoms. The number of nitrogens with zero attached hydrogens (tertiary/aromatic N) is 4. The molecule has 3 fully saturated rings. The van der Waals surface area contributed by atoms with Gasteiger partial charge in [-0.25, -0.2) is 4.39 Å². The number of piperidine rings is 1. The highest BCUT2D eigenvalue weighted by molar-refractivity contribution is 5.86. The first kappa shape index (κ1) is 24.0. The Balaban J connectivity index is 1.24. The van der Waals surface area contributed by atoms with E-state index in [0.29, 0.717) is 25.4 Å². The fraction of sp³-hybridized carbons (Fsp3) is 0.692. The summed E-state index contributed by atoms with van der Waals surface area (Å²) in [5.74, 6) is 0.687. The van der Waals surface area contributed by atoms with Crippen molar-refractivity contribution in [3.8, 4) is 0 Å². The second kappa shape index (κ2) is 10.00. The van der Waals surface area contributed by atoms with Gasteiger partial charge in [0.05, 0.1) is 5.41 Å². The molecule has 3 aliphatic rings. The molecule has 4 rings (SSSR count). The Kier molecular flexibility index (Phi) is 7.27. The number of hydrogen-bond donors (Lipinski definition) is 0. The van der Waals surface area contributed by atoms with Crippen molar-refractivity contribution in [3.05, 3.63) is 30.1 Å². The summed E-state index contributed by atoms with van der Waals surface area (Å²) in [7, 11) is 1.96. The zero-order valence-corrected chi connectivity index (χ0v) is 20.4. The van der Waals surface area contributed by atoms with Crippen LogP contribution >= 0.6 is 0 Å². The molecule has 3 heterocycles. The lowest BCUT2D eigenvalue weighted by Gasteiger charge is -2.38. The highest BCUT2D eigenvalue weighted by Crippen LogP contribution is 2.44. The fourth-order valence-corrected chi connectivity index (χ4v) is 5.80. The third-order valence-electron chi connectivity index (χ3n) is 7.95. The summed E-state index contributed by atoms with van der Waals surface area (Å²) in [4.78, 5) is 34.4. The van der Waals surface area contributed by atoms with Gasteiger partial charge in [0.1, 0.15) is 5.82 Å². The van der Waals surface area contributed by atoms with Gasteiger partial charge < -0.3 is 14.7 Å². The van der Waals surface area contributed by atoms with E-state index in [2.05, 4.69) is 23.6 Å². The summed E-state index contributed by atoms with van der Waals surface area (Å²) in [6, 6.07) is 7.03. The van der Waals surface area contributed by atoms with Gasteiger partial charge >= 0.3 is 0 Å². The predicted octanol–water partition coefficient (Wildman–Crippen LogP) is 3.22. The number of likely N-dealkylation sites (tertiary alicyclic amines) is 2. The van der Waals surface area contributed by atoms with Crippen molar-refractivity contribution in [2.45, 2.75) is 52.0 Å². The first-order valence-corrected chi connectivity index (χ1v) is 12.6. The van der Waals surface area contributed by atoms with Gasteiger partial charge in [0.25, 0.3) is 0 Å². The number of rotatable bonds is 6. The van der Waals surface area contributed by atoms with E-state index in [-0.39, 0.29) is 29.1 Å². The monoisotopic (exact) mass is 458 g/mol. The highest BCUT2D eigenvalue weighted by atomic mass is 19.1. The molecule has 3 aliphatic heterocycles. The molecule has 182 valence electrons. The minimum Gasteiger partial charge on any atom is -0.369 e. The Morgan fingerprint density at radius 3 is 2.30 bits per heavy atom. The predicted molar refractivity (Wildman–Crippen MR) is 129 cm³/mol. The molecule has 0 saturated carbocycles. The summed E-state index contributed by atoms with van der Waals surface area (Å²) >= 11 is 0. The van der Waals surface area contributed by atoms with Crippen molar-refractivity contribution >= 4 is 17.5 Å². The van der Waals surface area contributed by atoms with E-state index >= 15 is 0 Å². The Bertz CT molecular complexity index is 827. The molecule has 0 aliphatic carbocycles. The maximum atomic E-state index is 13.2. The number of carbonyl (C=O) groups excluding carboxylic acids is 2. The smallest absolute Gasteiger partial charge is 0.228 e. The van der Waals surface area contributed by atoms with Gasteiger partial charge in [-0.2, -0.15) is 0 Å². The zero-order chi connectivity index (χ0) is 23.6. The molecule has 0 unspecified atom stereocenters. The van der Waals surface area contributed by atoms with Crippen LogP contribution in [0, 0.1) is 17.2 Å². The van der Waals surface area contributed by atoms with Crippen molar-refractivity contribution < 1.29 is 14.0 Å². The average molecular weight is 459 g/mol. The van der Waals surface area contributed by atoms with Gasteiger partial charge in [0.15, 0.2) is 0 Å². The van der Waals surface area contributed by atoms with E-state index < -0.39 is 0 Å². The number of halogens is 1. The molecule has 0 radical (unpaired) electrons. The van der Waals surface area contributed by atoms with Crippen molar-refractivity contribution in [1.82, 2.24) is 14.7 Å². The molecular weight excluding hydrogens is 419 g/mol. The Hall–Kier alpha value is -2.15. The first-order chi connectivity index (χ1) is 15.8. The number of carbonyl (C=O) groups is 2. The molecule has 0 bridgehead atoms. The molecule has 1 spiro atoms. The summed E-state index contributed by atoms with van der Waals surface area (Å²) < 4.78 is 13.2. The second-order valence-electron chi connectivity index (χ2n) is 10.6. The molecule has 7 heteroatoms. The summed E-state index contributed by atoms with van der Waals surface area (Å²) in [6.45, 7) is 10.4. The molecule has 0 aromatic heterocycles. The molecule has 3 saturated heterocycles. The van der Waals surface area contributed by atoms with Gasteiger partial charge in [0, 0.05) is 71.0 Å². The highest BCUT2D eigenvalue weighted by Gasteiger charge is 2.51. The average Bonchev–Trinajstić information content (AvgIpc) is 3.03. The summed E-state index contributed by atoms with van der Waals surface area (Å²) in [5.41, 5.74) is 0.812. The number of hydrogen-bond acceptors (Lipinski definition) is 4. The van der Waals surface area contributed by atoms with Crippen molar-refractivity contribution in [2.75, 3.05) is 57.8 Å². The molecule has 1 atom stereocenters. The Morgan fingerprint density at radius 1 is 1.06 bits per heavy atom. The molecule has 2 amide bonds. The van der Waals surface area contributed by atoms with Crippen LogP contribution in [0.4, 0.5) is 10.1 Å². The minimum absolute atomic E-state index is 0.196. The first-order valence-electron chi connectivity index (χ1n) is 12.6. The van der Waals surface area contributed by atoms with Gasteiger partial charge in [0.2, 0.25) is 11.8 Å². The van der Waals surface area contributed by atoms with E-state index in [1.807, 2.05) is 29.0 Å². The largest absolute Gasteiger partial charge is 0.369 e.